The predicted octanol–water partition coefficient (Wildman–Crippen LogP) is 3.15. The largest absolute Gasteiger partial charge is 0.391 e. The number of hydrogen-bond donors (Lipinski definition) is 1. The van der Waals surface area contributed by atoms with Crippen LogP contribution in [0.25, 0.3) is 0 Å². The van der Waals surface area contributed by atoms with Crippen LogP contribution in [0.2, 0.25) is 0 Å². The first-order valence-corrected chi connectivity index (χ1v) is 9.53. The van der Waals surface area contributed by atoms with Crippen molar-refractivity contribution in [3.05, 3.63) is 47.6 Å². The van der Waals surface area contributed by atoms with Gasteiger partial charge in [-0.2, -0.15) is 0 Å². The van der Waals surface area contributed by atoms with Gasteiger partial charge in [-0.1, -0.05) is 24.4 Å². The minimum Gasteiger partial charge on any atom is -0.391 e. The fourth-order valence-corrected chi connectivity index (χ4v) is 4.31. The molecule has 5 nitrogen and oxygen atoms in total. The van der Waals surface area contributed by atoms with Gasteiger partial charge >= 0.3 is 0 Å². The summed E-state index contributed by atoms with van der Waals surface area (Å²) in [4.78, 5) is 6.34. The lowest BCUT2D eigenvalue weighted by molar-refractivity contribution is 0.140. The molecule has 2 aromatic heterocycles. The van der Waals surface area contributed by atoms with Crippen molar-refractivity contribution in [1.29, 1.82) is 0 Å². The maximum atomic E-state index is 10.4. The van der Waals surface area contributed by atoms with Crippen molar-refractivity contribution in [2.75, 3.05) is 13.1 Å². The Bertz CT molecular complexity index is 667. The van der Waals surface area contributed by atoms with Crippen LogP contribution in [0.1, 0.15) is 55.0 Å². The van der Waals surface area contributed by atoms with Gasteiger partial charge in [0.15, 0.2) is 5.76 Å². The van der Waals surface area contributed by atoms with Crippen molar-refractivity contribution in [1.82, 2.24) is 15.0 Å². The molecule has 3 heterocycles. The average molecular weight is 341 g/mol. The van der Waals surface area contributed by atoms with Crippen molar-refractivity contribution in [2.24, 2.45) is 5.92 Å². The Hall–Kier alpha value is -1.72. The summed E-state index contributed by atoms with van der Waals surface area (Å²) in [5, 5.41) is 14.7. The molecular weight excluding hydrogens is 314 g/mol. The zero-order valence-corrected chi connectivity index (χ0v) is 14.7. The van der Waals surface area contributed by atoms with Gasteiger partial charge in [0, 0.05) is 43.4 Å². The summed E-state index contributed by atoms with van der Waals surface area (Å²) in [6, 6.07) is 6.20. The Kier molecular flexibility index (Phi) is 5.13. The molecule has 2 fully saturated rings. The number of hydrogen-bond acceptors (Lipinski definition) is 5. The SMILES string of the molecule is O[C@@H]1CN(Cc2cc(C3CCCCC3)no2)C[C@H]1Cc1ccncc1. The second-order valence-corrected chi connectivity index (χ2v) is 7.63. The molecule has 1 saturated heterocycles. The van der Waals surface area contributed by atoms with E-state index in [1.807, 2.05) is 24.5 Å². The molecule has 5 heteroatoms. The minimum absolute atomic E-state index is 0.267. The molecule has 1 saturated carbocycles. The number of aromatic nitrogens is 2. The highest BCUT2D eigenvalue weighted by molar-refractivity contribution is 5.13. The average Bonchev–Trinajstić information content (AvgIpc) is 3.24. The smallest absolute Gasteiger partial charge is 0.150 e. The molecule has 25 heavy (non-hydrogen) atoms. The lowest BCUT2D eigenvalue weighted by atomic mass is 9.87. The second kappa shape index (κ2) is 7.67. The van der Waals surface area contributed by atoms with Gasteiger partial charge in [-0.3, -0.25) is 9.88 Å². The van der Waals surface area contributed by atoms with Crippen LogP contribution in [0, 0.1) is 5.92 Å². The topological polar surface area (TPSA) is 62.4 Å². The zero-order valence-electron chi connectivity index (χ0n) is 14.7. The number of rotatable bonds is 5. The van der Waals surface area contributed by atoms with E-state index in [0.29, 0.717) is 12.5 Å². The summed E-state index contributed by atoms with van der Waals surface area (Å²) >= 11 is 0. The summed E-state index contributed by atoms with van der Waals surface area (Å²) in [5.74, 6) is 1.77. The van der Waals surface area contributed by atoms with Crippen LogP contribution in [-0.4, -0.2) is 39.3 Å². The molecule has 2 aliphatic rings. The molecule has 134 valence electrons. The summed E-state index contributed by atoms with van der Waals surface area (Å²) in [6.45, 7) is 2.34. The van der Waals surface area contributed by atoms with Crippen molar-refractivity contribution in [2.45, 2.75) is 57.1 Å². The van der Waals surface area contributed by atoms with Gasteiger partial charge in [0.1, 0.15) is 0 Å². The third-order valence-corrected chi connectivity index (χ3v) is 5.71. The molecule has 2 aromatic rings. The van der Waals surface area contributed by atoms with Crippen LogP contribution in [0.4, 0.5) is 0 Å². The van der Waals surface area contributed by atoms with Crippen LogP contribution in [0.5, 0.6) is 0 Å². The predicted molar refractivity (Wildman–Crippen MR) is 95.0 cm³/mol. The quantitative estimate of drug-likeness (QED) is 0.905. The Morgan fingerprint density at radius 3 is 2.72 bits per heavy atom. The van der Waals surface area contributed by atoms with Crippen molar-refractivity contribution in [3.8, 4) is 0 Å². The highest BCUT2D eigenvalue weighted by Crippen LogP contribution is 2.32. The van der Waals surface area contributed by atoms with Crippen molar-refractivity contribution >= 4 is 0 Å². The summed E-state index contributed by atoms with van der Waals surface area (Å²) in [5.41, 5.74) is 2.36. The number of pyridine rings is 1. The monoisotopic (exact) mass is 341 g/mol. The van der Waals surface area contributed by atoms with E-state index in [1.165, 1.54) is 37.7 Å². The third-order valence-electron chi connectivity index (χ3n) is 5.71. The molecule has 0 aromatic carbocycles. The highest BCUT2D eigenvalue weighted by atomic mass is 16.5. The molecule has 4 rings (SSSR count). The molecule has 1 aliphatic heterocycles. The summed E-state index contributed by atoms with van der Waals surface area (Å²) in [7, 11) is 0. The van der Waals surface area contributed by atoms with Crippen LogP contribution >= 0.6 is 0 Å². The standard InChI is InChI=1S/C20H27N3O2/c24-20-14-23(12-17(20)10-15-6-8-21-9-7-15)13-18-11-19(22-25-18)16-4-2-1-3-5-16/h6-9,11,16-17,20,24H,1-5,10,12-14H2/t17-,20-/m1/s1. The minimum atomic E-state index is -0.283. The van der Waals surface area contributed by atoms with Crippen LogP contribution in [0.15, 0.2) is 35.1 Å². The van der Waals surface area contributed by atoms with E-state index < -0.39 is 0 Å². The van der Waals surface area contributed by atoms with E-state index in [1.54, 1.807) is 0 Å². The van der Waals surface area contributed by atoms with E-state index in [9.17, 15) is 5.11 Å². The first kappa shape index (κ1) is 16.7. The van der Waals surface area contributed by atoms with Gasteiger partial charge < -0.3 is 9.63 Å². The maximum Gasteiger partial charge on any atom is 0.150 e. The summed E-state index contributed by atoms with van der Waals surface area (Å²) in [6.07, 6.45) is 10.7. The molecule has 2 atom stereocenters. The number of aliphatic hydroxyl groups excluding tert-OH is 1. The number of nitrogens with zero attached hydrogens (tertiary/aromatic N) is 3. The van der Waals surface area contributed by atoms with Gasteiger partial charge in [-0.05, 0) is 37.0 Å². The Balaban J connectivity index is 1.33. The molecule has 1 N–H and O–H groups in total. The molecule has 1 aliphatic carbocycles. The van der Waals surface area contributed by atoms with E-state index >= 15 is 0 Å². The van der Waals surface area contributed by atoms with E-state index in [4.69, 9.17) is 4.52 Å². The van der Waals surface area contributed by atoms with Gasteiger partial charge in [0.25, 0.3) is 0 Å². The molecule has 0 amide bonds. The first-order chi connectivity index (χ1) is 12.3. The fraction of sp³-hybridized carbons (Fsp3) is 0.600. The molecule has 0 spiro atoms. The number of aliphatic hydroxyl groups is 1. The Labute approximate surface area is 149 Å². The van der Waals surface area contributed by atoms with E-state index in [0.717, 1.165) is 31.0 Å². The molecule has 0 unspecified atom stereocenters. The molecular formula is C20H27N3O2. The normalized spacial score (nSPS) is 25.5. The van der Waals surface area contributed by atoms with Gasteiger partial charge in [-0.25, -0.2) is 0 Å². The van der Waals surface area contributed by atoms with Gasteiger partial charge in [0.05, 0.1) is 18.3 Å². The highest BCUT2D eigenvalue weighted by Gasteiger charge is 2.32. The lowest BCUT2D eigenvalue weighted by Gasteiger charge is -2.18. The zero-order chi connectivity index (χ0) is 17.1. The van der Waals surface area contributed by atoms with Gasteiger partial charge in [0.2, 0.25) is 0 Å². The van der Waals surface area contributed by atoms with Crippen LogP contribution < -0.4 is 0 Å². The van der Waals surface area contributed by atoms with Crippen molar-refractivity contribution < 1.29 is 9.63 Å². The maximum absolute atomic E-state index is 10.4. The Morgan fingerprint density at radius 2 is 1.92 bits per heavy atom. The summed E-state index contributed by atoms with van der Waals surface area (Å²) < 4.78 is 5.59. The van der Waals surface area contributed by atoms with Crippen LogP contribution in [0.3, 0.4) is 0 Å². The van der Waals surface area contributed by atoms with Crippen LogP contribution in [-0.2, 0) is 13.0 Å². The van der Waals surface area contributed by atoms with E-state index in [-0.39, 0.29) is 12.0 Å². The molecule has 0 bridgehead atoms. The van der Waals surface area contributed by atoms with Gasteiger partial charge in [-0.15, -0.1) is 0 Å². The fourth-order valence-electron chi connectivity index (χ4n) is 4.31. The third kappa shape index (κ3) is 4.10. The van der Waals surface area contributed by atoms with E-state index in [2.05, 4.69) is 21.1 Å². The number of likely N-dealkylation sites (tertiary alicyclic amines) is 1. The lowest BCUT2D eigenvalue weighted by Crippen LogP contribution is -2.21. The first-order valence-electron chi connectivity index (χ1n) is 9.53. The second-order valence-electron chi connectivity index (χ2n) is 7.63. The number of β-amino-alcohol motifs (C(OH)–C–C–N with tert-alkyl or cyclic N) is 1. The Morgan fingerprint density at radius 1 is 1.12 bits per heavy atom. The van der Waals surface area contributed by atoms with Crippen molar-refractivity contribution in [3.63, 3.8) is 0 Å². The molecule has 0 radical (unpaired) electrons.